The molecule has 0 unspecified atom stereocenters. The molecule has 0 radical (unpaired) electrons. The van der Waals surface area contributed by atoms with E-state index in [2.05, 4.69) is 0 Å². The van der Waals surface area contributed by atoms with Crippen molar-refractivity contribution in [3.8, 4) is 0 Å². The van der Waals surface area contributed by atoms with Crippen molar-refractivity contribution in [2.24, 2.45) is 5.92 Å². The second-order valence-electron chi connectivity index (χ2n) is 5.92. The van der Waals surface area contributed by atoms with Crippen molar-refractivity contribution in [2.45, 2.75) is 17.0 Å². The third-order valence-corrected chi connectivity index (χ3v) is 7.01. The van der Waals surface area contributed by atoms with Crippen LogP contribution in [0.2, 0.25) is 0 Å². The molecular weight excluding hydrogens is 375 g/mol. The molecule has 0 aliphatic carbocycles. The SMILES string of the molecule is O=S(=O)(c1ccccc1C(F)(F)F)N1C[C@@H](CO)[C@H](c2ccsc2)C1. The molecule has 1 aliphatic heterocycles. The van der Waals surface area contributed by atoms with Crippen LogP contribution in [0.15, 0.2) is 46.0 Å². The molecule has 0 amide bonds. The molecule has 136 valence electrons. The summed E-state index contributed by atoms with van der Waals surface area (Å²) in [6.07, 6.45) is -4.76. The van der Waals surface area contributed by atoms with E-state index in [1.165, 1.54) is 17.4 Å². The molecule has 1 aliphatic rings. The van der Waals surface area contributed by atoms with Crippen LogP contribution in [0.4, 0.5) is 13.2 Å². The third kappa shape index (κ3) is 3.46. The molecule has 25 heavy (non-hydrogen) atoms. The molecule has 1 fully saturated rings. The number of aliphatic hydroxyl groups excluding tert-OH is 1. The molecule has 9 heteroatoms. The number of halogens is 3. The Labute approximate surface area is 147 Å². The zero-order chi connectivity index (χ0) is 18.2. The highest BCUT2D eigenvalue weighted by Crippen LogP contribution is 2.39. The quantitative estimate of drug-likeness (QED) is 0.871. The van der Waals surface area contributed by atoms with Gasteiger partial charge >= 0.3 is 6.18 Å². The smallest absolute Gasteiger partial charge is 0.396 e. The topological polar surface area (TPSA) is 57.6 Å². The summed E-state index contributed by atoms with van der Waals surface area (Å²) in [5.74, 6) is -0.577. The predicted molar refractivity (Wildman–Crippen MR) is 87.8 cm³/mol. The maximum absolute atomic E-state index is 13.2. The lowest BCUT2D eigenvalue weighted by Gasteiger charge is -2.19. The summed E-state index contributed by atoms with van der Waals surface area (Å²) in [7, 11) is -4.31. The van der Waals surface area contributed by atoms with Gasteiger partial charge in [-0.05, 0) is 34.5 Å². The van der Waals surface area contributed by atoms with Crippen LogP contribution >= 0.6 is 11.3 Å². The molecule has 1 N–H and O–H groups in total. The summed E-state index contributed by atoms with van der Waals surface area (Å²) in [5.41, 5.74) is -0.277. The van der Waals surface area contributed by atoms with Gasteiger partial charge in [-0.1, -0.05) is 12.1 Å². The van der Waals surface area contributed by atoms with Crippen LogP contribution in [-0.2, 0) is 16.2 Å². The first-order valence-electron chi connectivity index (χ1n) is 7.54. The number of sulfonamides is 1. The molecule has 3 rings (SSSR count). The number of rotatable bonds is 4. The minimum absolute atomic E-state index is 0.00839. The molecule has 1 saturated heterocycles. The summed E-state index contributed by atoms with van der Waals surface area (Å²) < 4.78 is 66.3. The Morgan fingerprint density at radius 3 is 2.52 bits per heavy atom. The Kier molecular flexibility index (Phi) is 4.93. The van der Waals surface area contributed by atoms with E-state index in [4.69, 9.17) is 0 Å². The van der Waals surface area contributed by atoms with E-state index in [1.807, 2.05) is 16.8 Å². The normalized spacial score (nSPS) is 22.4. The number of hydrogen-bond acceptors (Lipinski definition) is 4. The van der Waals surface area contributed by atoms with E-state index in [9.17, 15) is 26.7 Å². The number of alkyl halides is 3. The van der Waals surface area contributed by atoms with Gasteiger partial charge in [0.15, 0.2) is 0 Å². The average molecular weight is 391 g/mol. The summed E-state index contributed by atoms with van der Waals surface area (Å²) >= 11 is 1.45. The van der Waals surface area contributed by atoms with Crippen LogP contribution in [0.3, 0.4) is 0 Å². The van der Waals surface area contributed by atoms with Gasteiger partial charge in [-0.2, -0.15) is 28.8 Å². The Hall–Kier alpha value is -1.42. The predicted octanol–water partition coefficient (Wildman–Crippen LogP) is 3.16. The summed E-state index contributed by atoms with van der Waals surface area (Å²) in [6.45, 7) is -0.185. The van der Waals surface area contributed by atoms with E-state index in [1.54, 1.807) is 0 Å². The molecule has 1 aromatic heterocycles. The van der Waals surface area contributed by atoms with E-state index >= 15 is 0 Å². The van der Waals surface area contributed by atoms with Gasteiger partial charge in [0.2, 0.25) is 10.0 Å². The van der Waals surface area contributed by atoms with E-state index < -0.39 is 26.7 Å². The standard InChI is InChI=1S/C16H16F3NO3S2/c17-16(18,19)14-3-1-2-4-15(14)25(22,23)20-7-12(9-21)13(8-20)11-5-6-24-10-11/h1-6,10,12-13,21H,7-9H2/t12-,13-/m0/s1. The van der Waals surface area contributed by atoms with Crippen LogP contribution in [0.25, 0.3) is 0 Å². The van der Waals surface area contributed by atoms with Gasteiger partial charge in [0.05, 0.1) is 10.5 Å². The molecule has 4 nitrogen and oxygen atoms in total. The van der Waals surface area contributed by atoms with E-state index in [0.29, 0.717) is 0 Å². The molecule has 2 aromatic rings. The Morgan fingerprint density at radius 1 is 1.20 bits per heavy atom. The molecule has 2 atom stereocenters. The van der Waals surface area contributed by atoms with Gasteiger partial charge in [0, 0.05) is 31.5 Å². The van der Waals surface area contributed by atoms with E-state index in [0.717, 1.165) is 28.1 Å². The second-order valence-corrected chi connectivity index (χ2v) is 8.61. The Balaban J connectivity index is 1.97. The highest BCUT2D eigenvalue weighted by molar-refractivity contribution is 7.89. The van der Waals surface area contributed by atoms with Crippen molar-refractivity contribution in [1.82, 2.24) is 4.31 Å². The fourth-order valence-electron chi connectivity index (χ4n) is 3.14. The lowest BCUT2D eigenvalue weighted by molar-refractivity contribution is -0.139. The number of aliphatic hydroxyl groups is 1. The van der Waals surface area contributed by atoms with Gasteiger partial charge < -0.3 is 5.11 Å². The zero-order valence-corrected chi connectivity index (χ0v) is 14.6. The molecule has 2 heterocycles. The minimum atomic E-state index is -4.76. The van der Waals surface area contributed by atoms with Gasteiger partial charge in [-0.15, -0.1) is 0 Å². The maximum atomic E-state index is 13.2. The van der Waals surface area contributed by atoms with E-state index in [-0.39, 0.29) is 31.5 Å². The summed E-state index contributed by atoms with van der Waals surface area (Å²) in [6, 6.07) is 6.03. The molecule has 0 spiro atoms. The van der Waals surface area contributed by atoms with Crippen LogP contribution in [0.5, 0.6) is 0 Å². The average Bonchev–Trinajstić information content (AvgIpc) is 3.23. The van der Waals surface area contributed by atoms with Crippen molar-refractivity contribution in [1.29, 1.82) is 0 Å². The van der Waals surface area contributed by atoms with Crippen molar-refractivity contribution < 1.29 is 26.7 Å². The first-order valence-corrected chi connectivity index (χ1v) is 9.92. The minimum Gasteiger partial charge on any atom is -0.396 e. The van der Waals surface area contributed by atoms with Gasteiger partial charge in [-0.3, -0.25) is 0 Å². The maximum Gasteiger partial charge on any atom is 0.417 e. The molecule has 0 bridgehead atoms. The number of benzene rings is 1. The number of thiophene rings is 1. The fourth-order valence-corrected chi connectivity index (χ4v) is 5.60. The highest BCUT2D eigenvalue weighted by Gasteiger charge is 2.43. The molecule has 0 saturated carbocycles. The highest BCUT2D eigenvalue weighted by atomic mass is 32.2. The van der Waals surface area contributed by atoms with Gasteiger partial charge in [-0.25, -0.2) is 8.42 Å². The fraction of sp³-hybridized carbons (Fsp3) is 0.375. The van der Waals surface area contributed by atoms with Crippen LogP contribution in [-0.4, -0.2) is 37.5 Å². The zero-order valence-electron chi connectivity index (χ0n) is 13.0. The van der Waals surface area contributed by atoms with Crippen molar-refractivity contribution in [2.75, 3.05) is 19.7 Å². The summed E-state index contributed by atoms with van der Waals surface area (Å²) in [5, 5.41) is 13.3. The van der Waals surface area contributed by atoms with Crippen LogP contribution in [0, 0.1) is 5.92 Å². The largest absolute Gasteiger partial charge is 0.417 e. The second kappa shape index (κ2) is 6.71. The Bertz CT molecular complexity index is 835. The van der Waals surface area contributed by atoms with Gasteiger partial charge in [0.25, 0.3) is 0 Å². The molecular formula is C16H16F3NO3S2. The first kappa shape index (κ1) is 18.4. The molecule has 1 aromatic carbocycles. The number of hydrogen-bond donors (Lipinski definition) is 1. The summed E-state index contributed by atoms with van der Waals surface area (Å²) in [4.78, 5) is -0.745. The van der Waals surface area contributed by atoms with Crippen LogP contribution in [0.1, 0.15) is 17.0 Å². The monoisotopic (exact) mass is 391 g/mol. The van der Waals surface area contributed by atoms with Gasteiger partial charge in [0.1, 0.15) is 0 Å². The van der Waals surface area contributed by atoms with Crippen LogP contribution < -0.4 is 0 Å². The lowest BCUT2D eigenvalue weighted by atomic mass is 9.92. The van der Waals surface area contributed by atoms with Crippen molar-refractivity contribution >= 4 is 21.4 Å². The third-order valence-electron chi connectivity index (χ3n) is 4.42. The lowest BCUT2D eigenvalue weighted by Crippen LogP contribution is -2.31. The Morgan fingerprint density at radius 2 is 1.92 bits per heavy atom. The first-order chi connectivity index (χ1) is 11.7. The number of nitrogens with zero attached hydrogens (tertiary/aromatic N) is 1. The van der Waals surface area contributed by atoms with Crippen molar-refractivity contribution in [3.63, 3.8) is 0 Å². The van der Waals surface area contributed by atoms with Crippen molar-refractivity contribution in [3.05, 3.63) is 52.2 Å².